The van der Waals surface area contributed by atoms with Crippen molar-refractivity contribution in [2.45, 2.75) is 10.8 Å². The summed E-state index contributed by atoms with van der Waals surface area (Å²) in [5.41, 5.74) is 7.52. The zero-order chi connectivity index (χ0) is 11.4. The Balaban J connectivity index is 2.09. The van der Waals surface area contributed by atoms with Crippen LogP contribution in [-0.2, 0) is 5.75 Å². The molecule has 3 nitrogen and oxygen atoms in total. The van der Waals surface area contributed by atoms with E-state index in [1.165, 1.54) is 0 Å². The molecule has 0 aliphatic rings. The Morgan fingerprint density at radius 3 is 2.94 bits per heavy atom. The monoisotopic (exact) mass is 251 g/mol. The van der Waals surface area contributed by atoms with E-state index in [9.17, 15) is 0 Å². The van der Waals surface area contributed by atoms with Gasteiger partial charge in [-0.15, -0.1) is 0 Å². The van der Waals surface area contributed by atoms with Crippen LogP contribution in [0.25, 0.3) is 0 Å². The fourth-order valence-corrected chi connectivity index (χ4v) is 2.37. The first-order valence-corrected chi connectivity index (χ1v) is 6.05. The van der Waals surface area contributed by atoms with Gasteiger partial charge in [0.2, 0.25) is 0 Å². The van der Waals surface area contributed by atoms with Crippen molar-refractivity contribution in [2.24, 2.45) is 0 Å². The third kappa shape index (κ3) is 2.65. The first kappa shape index (κ1) is 11.2. The van der Waals surface area contributed by atoms with E-state index >= 15 is 0 Å². The zero-order valence-corrected chi connectivity index (χ0v) is 10.0. The molecule has 0 amide bonds. The van der Waals surface area contributed by atoms with E-state index in [2.05, 4.69) is 9.97 Å². The molecule has 2 rings (SSSR count). The lowest BCUT2D eigenvalue weighted by atomic mass is 10.3. The van der Waals surface area contributed by atoms with Crippen LogP contribution in [0.5, 0.6) is 0 Å². The van der Waals surface area contributed by atoms with Gasteiger partial charge in [0.15, 0.2) is 0 Å². The van der Waals surface area contributed by atoms with E-state index in [0.29, 0.717) is 10.7 Å². The van der Waals surface area contributed by atoms with Gasteiger partial charge in [0, 0.05) is 24.3 Å². The number of anilines is 1. The number of hydrogen-bond acceptors (Lipinski definition) is 4. The van der Waals surface area contributed by atoms with Gasteiger partial charge in [-0.3, -0.25) is 4.98 Å². The first-order chi connectivity index (χ1) is 7.77. The van der Waals surface area contributed by atoms with Crippen molar-refractivity contribution in [1.82, 2.24) is 9.97 Å². The van der Waals surface area contributed by atoms with Crippen molar-refractivity contribution in [2.75, 3.05) is 5.73 Å². The molecule has 0 aromatic carbocycles. The molecule has 2 heterocycles. The molecule has 0 radical (unpaired) electrons. The Labute approximate surface area is 103 Å². The number of pyridine rings is 2. The van der Waals surface area contributed by atoms with Gasteiger partial charge >= 0.3 is 0 Å². The zero-order valence-electron chi connectivity index (χ0n) is 8.43. The second-order valence-electron chi connectivity index (χ2n) is 3.15. The predicted molar refractivity (Wildman–Crippen MR) is 67.5 cm³/mol. The smallest absolute Gasteiger partial charge is 0.119 e. The van der Waals surface area contributed by atoms with Gasteiger partial charge in [-0.05, 0) is 23.8 Å². The molecule has 82 valence electrons. The lowest BCUT2D eigenvalue weighted by molar-refractivity contribution is 1.14. The highest BCUT2D eigenvalue weighted by Gasteiger charge is 2.04. The van der Waals surface area contributed by atoms with E-state index in [1.54, 1.807) is 30.4 Å². The summed E-state index contributed by atoms with van der Waals surface area (Å²) in [6.07, 6.45) is 5.09. The molecule has 0 aliphatic carbocycles. The lowest BCUT2D eigenvalue weighted by Crippen LogP contribution is -1.91. The second kappa shape index (κ2) is 5.18. The fourth-order valence-electron chi connectivity index (χ4n) is 1.19. The predicted octanol–water partition coefficient (Wildman–Crippen LogP) is 3.00. The molecule has 0 fully saturated rings. The van der Waals surface area contributed by atoms with Gasteiger partial charge in [-0.1, -0.05) is 23.4 Å². The minimum atomic E-state index is 0.671. The van der Waals surface area contributed by atoms with Crippen molar-refractivity contribution in [1.29, 1.82) is 0 Å². The van der Waals surface area contributed by atoms with Crippen molar-refractivity contribution >= 4 is 29.1 Å². The average molecular weight is 252 g/mol. The highest BCUT2D eigenvalue weighted by atomic mass is 35.5. The quantitative estimate of drug-likeness (QED) is 0.852. The molecule has 2 aromatic heterocycles. The van der Waals surface area contributed by atoms with Crippen LogP contribution in [0.4, 0.5) is 5.69 Å². The normalized spacial score (nSPS) is 10.3. The fraction of sp³-hybridized carbons (Fsp3) is 0.0909. The molecule has 0 saturated carbocycles. The topological polar surface area (TPSA) is 51.8 Å². The molecule has 0 aliphatic heterocycles. The van der Waals surface area contributed by atoms with Crippen molar-refractivity contribution in [3.8, 4) is 0 Å². The van der Waals surface area contributed by atoms with E-state index in [1.807, 2.05) is 18.2 Å². The van der Waals surface area contributed by atoms with Gasteiger partial charge in [-0.2, -0.15) is 0 Å². The van der Waals surface area contributed by atoms with Crippen LogP contribution in [0.1, 0.15) is 5.56 Å². The number of hydrogen-bond donors (Lipinski definition) is 1. The largest absolute Gasteiger partial charge is 0.397 e. The van der Waals surface area contributed by atoms with Gasteiger partial charge in [0.05, 0.1) is 10.7 Å². The number of aromatic nitrogens is 2. The number of nitrogens with two attached hydrogens (primary N) is 1. The van der Waals surface area contributed by atoms with E-state index in [4.69, 9.17) is 17.3 Å². The molecule has 0 spiro atoms. The van der Waals surface area contributed by atoms with Crippen molar-refractivity contribution < 1.29 is 0 Å². The van der Waals surface area contributed by atoms with Crippen molar-refractivity contribution in [3.05, 3.63) is 47.4 Å². The summed E-state index contributed by atoms with van der Waals surface area (Å²) in [5, 5.41) is 1.50. The van der Waals surface area contributed by atoms with Crippen LogP contribution < -0.4 is 5.73 Å². The average Bonchev–Trinajstić information content (AvgIpc) is 2.30. The van der Waals surface area contributed by atoms with Crippen molar-refractivity contribution in [3.63, 3.8) is 0 Å². The maximum absolute atomic E-state index is 6.00. The van der Waals surface area contributed by atoms with Gasteiger partial charge < -0.3 is 5.73 Å². The van der Waals surface area contributed by atoms with Crippen LogP contribution >= 0.6 is 23.4 Å². The molecular formula is C11H10ClN3S. The van der Waals surface area contributed by atoms with E-state index in [0.717, 1.165) is 16.3 Å². The minimum Gasteiger partial charge on any atom is -0.397 e. The molecule has 2 N–H and O–H groups in total. The minimum absolute atomic E-state index is 0.671. The molecule has 0 unspecified atom stereocenters. The summed E-state index contributed by atoms with van der Waals surface area (Å²) in [7, 11) is 0. The summed E-state index contributed by atoms with van der Waals surface area (Å²) in [5.74, 6) is 0.739. The number of nitrogens with zero attached hydrogens (tertiary/aromatic N) is 2. The molecule has 2 aromatic rings. The summed E-state index contributed by atoms with van der Waals surface area (Å²) in [4.78, 5) is 8.14. The maximum atomic E-state index is 6.00. The van der Waals surface area contributed by atoms with Gasteiger partial charge in [-0.25, -0.2) is 4.98 Å². The van der Waals surface area contributed by atoms with Crippen LogP contribution in [0, 0.1) is 0 Å². The molecular weight excluding hydrogens is 242 g/mol. The number of nitrogen functional groups attached to an aromatic ring is 1. The molecule has 0 atom stereocenters. The number of halogens is 1. The number of thioether (sulfide) groups is 1. The standard InChI is InChI=1S/C11H10ClN3S/c12-9-6-14-5-3-8(9)7-16-11-10(13)2-1-4-15-11/h1-6H,7,13H2. The third-order valence-electron chi connectivity index (χ3n) is 2.02. The number of rotatable bonds is 3. The highest BCUT2D eigenvalue weighted by Crippen LogP contribution is 2.27. The van der Waals surface area contributed by atoms with Gasteiger partial charge in [0.1, 0.15) is 5.03 Å². The first-order valence-electron chi connectivity index (χ1n) is 4.69. The summed E-state index contributed by atoms with van der Waals surface area (Å²) in [6, 6.07) is 5.55. The second-order valence-corrected chi connectivity index (χ2v) is 4.52. The maximum Gasteiger partial charge on any atom is 0.119 e. The Morgan fingerprint density at radius 2 is 2.19 bits per heavy atom. The van der Waals surface area contributed by atoms with Crippen LogP contribution in [0.2, 0.25) is 5.02 Å². The lowest BCUT2D eigenvalue weighted by Gasteiger charge is -2.04. The summed E-state index contributed by atoms with van der Waals surface area (Å²) < 4.78 is 0. The molecule has 5 heteroatoms. The third-order valence-corrected chi connectivity index (χ3v) is 3.43. The van der Waals surface area contributed by atoms with Crippen LogP contribution in [-0.4, -0.2) is 9.97 Å². The Kier molecular flexibility index (Phi) is 3.64. The molecule has 0 bridgehead atoms. The van der Waals surface area contributed by atoms with Crippen LogP contribution in [0.3, 0.4) is 0 Å². The molecule has 0 saturated heterocycles. The molecule has 16 heavy (non-hydrogen) atoms. The Morgan fingerprint density at radius 1 is 1.31 bits per heavy atom. The van der Waals surface area contributed by atoms with Crippen LogP contribution in [0.15, 0.2) is 41.8 Å². The summed E-state index contributed by atoms with van der Waals surface area (Å²) in [6.45, 7) is 0. The van der Waals surface area contributed by atoms with E-state index in [-0.39, 0.29) is 0 Å². The Hall–Kier alpha value is -1.26. The highest BCUT2D eigenvalue weighted by molar-refractivity contribution is 7.98. The van der Waals surface area contributed by atoms with E-state index < -0.39 is 0 Å². The SMILES string of the molecule is Nc1cccnc1SCc1ccncc1Cl. The Bertz CT molecular complexity index is 445. The van der Waals surface area contributed by atoms with Gasteiger partial charge in [0.25, 0.3) is 0 Å². The summed E-state index contributed by atoms with van der Waals surface area (Å²) >= 11 is 7.57.